The van der Waals surface area contributed by atoms with E-state index in [1.807, 2.05) is 24.3 Å². The quantitative estimate of drug-likeness (QED) is 0.809. The molecule has 0 spiro atoms. The molecular weight excluding hydrogens is 266 g/mol. The van der Waals surface area contributed by atoms with E-state index in [9.17, 15) is 4.79 Å². The van der Waals surface area contributed by atoms with Crippen LogP contribution in [0.1, 0.15) is 43.2 Å². The summed E-state index contributed by atoms with van der Waals surface area (Å²) in [4.78, 5) is 11.7. The summed E-state index contributed by atoms with van der Waals surface area (Å²) in [6, 6.07) is 7.78. The summed E-state index contributed by atoms with van der Waals surface area (Å²) in [5.74, 6) is -0.0347. The Kier molecular flexibility index (Phi) is 6.70. The zero-order valence-corrected chi connectivity index (χ0v) is 12.5. The van der Waals surface area contributed by atoms with E-state index in [-0.39, 0.29) is 25.2 Å². The van der Waals surface area contributed by atoms with E-state index >= 15 is 0 Å². The van der Waals surface area contributed by atoms with Crippen LogP contribution < -0.4 is 5.32 Å². The van der Waals surface area contributed by atoms with E-state index < -0.39 is 0 Å². The number of aliphatic hydroxyl groups excluding tert-OH is 1. The van der Waals surface area contributed by atoms with Gasteiger partial charge in [-0.2, -0.15) is 0 Å². The summed E-state index contributed by atoms with van der Waals surface area (Å²) >= 11 is 0. The summed E-state index contributed by atoms with van der Waals surface area (Å²) < 4.78 is 5.64. The molecule has 0 unspecified atom stereocenters. The van der Waals surface area contributed by atoms with Crippen molar-refractivity contribution in [1.29, 1.82) is 0 Å². The van der Waals surface area contributed by atoms with Gasteiger partial charge < -0.3 is 15.2 Å². The normalized spacial score (nSPS) is 15.9. The van der Waals surface area contributed by atoms with Gasteiger partial charge in [-0.05, 0) is 30.4 Å². The first-order chi connectivity index (χ1) is 10.3. The molecule has 0 bridgehead atoms. The third kappa shape index (κ3) is 5.86. The smallest absolute Gasteiger partial charge is 0.246 e. The lowest BCUT2D eigenvalue weighted by atomic mass is 9.98. The van der Waals surface area contributed by atoms with Gasteiger partial charge in [0.25, 0.3) is 0 Å². The van der Waals surface area contributed by atoms with Gasteiger partial charge in [-0.1, -0.05) is 43.5 Å². The van der Waals surface area contributed by atoms with E-state index in [4.69, 9.17) is 9.84 Å². The van der Waals surface area contributed by atoms with E-state index in [2.05, 4.69) is 5.32 Å². The van der Waals surface area contributed by atoms with E-state index in [0.29, 0.717) is 6.54 Å². The predicted molar refractivity (Wildman–Crippen MR) is 81.9 cm³/mol. The number of ether oxygens (including phenoxy) is 1. The Labute approximate surface area is 126 Å². The molecule has 1 aliphatic carbocycles. The van der Waals surface area contributed by atoms with Crippen LogP contribution in [-0.4, -0.2) is 30.3 Å². The van der Waals surface area contributed by atoms with Crippen molar-refractivity contribution in [3.05, 3.63) is 35.4 Å². The van der Waals surface area contributed by atoms with Crippen LogP contribution in [0.3, 0.4) is 0 Å². The summed E-state index contributed by atoms with van der Waals surface area (Å²) in [5.41, 5.74) is 2.06. The first kappa shape index (κ1) is 16.0. The zero-order chi connectivity index (χ0) is 14.9. The number of hydrogen-bond acceptors (Lipinski definition) is 3. The van der Waals surface area contributed by atoms with Gasteiger partial charge in [-0.25, -0.2) is 0 Å². The number of nitrogens with one attached hydrogen (secondary N) is 1. The second kappa shape index (κ2) is 8.80. The van der Waals surface area contributed by atoms with Crippen molar-refractivity contribution in [2.45, 2.75) is 51.2 Å². The largest absolute Gasteiger partial charge is 0.392 e. The van der Waals surface area contributed by atoms with Crippen LogP contribution in [0.2, 0.25) is 0 Å². The van der Waals surface area contributed by atoms with Gasteiger partial charge in [-0.3, -0.25) is 4.79 Å². The first-order valence-electron chi connectivity index (χ1n) is 7.85. The molecule has 1 saturated carbocycles. The summed E-state index contributed by atoms with van der Waals surface area (Å²) in [5, 5.41) is 11.9. The van der Waals surface area contributed by atoms with Crippen LogP contribution in [0.4, 0.5) is 0 Å². The number of amides is 1. The Morgan fingerprint density at radius 1 is 1.14 bits per heavy atom. The molecule has 1 aromatic rings. The molecule has 0 atom stereocenters. The Morgan fingerprint density at radius 3 is 2.48 bits per heavy atom. The highest BCUT2D eigenvalue weighted by Gasteiger charge is 2.14. The zero-order valence-electron chi connectivity index (χ0n) is 12.5. The highest BCUT2D eigenvalue weighted by atomic mass is 16.5. The van der Waals surface area contributed by atoms with Crippen molar-refractivity contribution in [2.75, 3.05) is 13.2 Å². The third-order valence-electron chi connectivity index (χ3n) is 3.94. The molecule has 1 aliphatic rings. The van der Waals surface area contributed by atoms with Gasteiger partial charge in [0.2, 0.25) is 5.91 Å². The molecule has 1 amide bonds. The van der Waals surface area contributed by atoms with Gasteiger partial charge in [0.15, 0.2) is 0 Å². The molecule has 1 aromatic carbocycles. The van der Waals surface area contributed by atoms with E-state index in [1.165, 1.54) is 19.3 Å². The van der Waals surface area contributed by atoms with Gasteiger partial charge >= 0.3 is 0 Å². The SMILES string of the molecule is O=C(COC1CCCCC1)NCCc1ccc(CO)cc1. The fourth-order valence-corrected chi connectivity index (χ4v) is 2.63. The maximum atomic E-state index is 11.7. The number of benzene rings is 1. The third-order valence-corrected chi connectivity index (χ3v) is 3.94. The molecule has 1 fully saturated rings. The molecule has 0 heterocycles. The highest BCUT2D eigenvalue weighted by molar-refractivity contribution is 5.77. The summed E-state index contributed by atoms with van der Waals surface area (Å²) in [6.45, 7) is 0.856. The number of hydrogen-bond donors (Lipinski definition) is 2. The summed E-state index contributed by atoms with van der Waals surface area (Å²) in [6.07, 6.45) is 6.97. The number of carbonyl (C=O) groups excluding carboxylic acids is 1. The topological polar surface area (TPSA) is 58.6 Å². The van der Waals surface area contributed by atoms with Crippen molar-refractivity contribution < 1.29 is 14.6 Å². The number of aliphatic hydroxyl groups is 1. The predicted octanol–water partition coefficient (Wildman–Crippen LogP) is 2.19. The second-order valence-electron chi connectivity index (χ2n) is 5.65. The molecule has 21 heavy (non-hydrogen) atoms. The minimum Gasteiger partial charge on any atom is -0.392 e. The van der Waals surface area contributed by atoms with Crippen molar-refractivity contribution in [1.82, 2.24) is 5.32 Å². The monoisotopic (exact) mass is 291 g/mol. The molecule has 0 radical (unpaired) electrons. The van der Waals surface area contributed by atoms with Crippen LogP contribution in [0.25, 0.3) is 0 Å². The molecule has 0 aromatic heterocycles. The van der Waals surface area contributed by atoms with Gasteiger partial charge in [0.05, 0.1) is 12.7 Å². The summed E-state index contributed by atoms with van der Waals surface area (Å²) in [7, 11) is 0. The molecule has 2 rings (SSSR count). The minimum absolute atomic E-state index is 0.0347. The fourth-order valence-electron chi connectivity index (χ4n) is 2.63. The van der Waals surface area contributed by atoms with Crippen LogP contribution in [0.15, 0.2) is 24.3 Å². The Hall–Kier alpha value is -1.39. The van der Waals surface area contributed by atoms with Gasteiger partial charge in [0.1, 0.15) is 6.61 Å². The van der Waals surface area contributed by atoms with E-state index in [0.717, 1.165) is 30.4 Å². The maximum Gasteiger partial charge on any atom is 0.246 e. The Morgan fingerprint density at radius 2 is 1.81 bits per heavy atom. The number of carbonyl (C=O) groups is 1. The first-order valence-corrected chi connectivity index (χ1v) is 7.85. The maximum absolute atomic E-state index is 11.7. The van der Waals surface area contributed by atoms with E-state index in [1.54, 1.807) is 0 Å². The van der Waals surface area contributed by atoms with Gasteiger partial charge in [-0.15, -0.1) is 0 Å². The van der Waals surface area contributed by atoms with Crippen molar-refractivity contribution in [2.24, 2.45) is 0 Å². The minimum atomic E-state index is -0.0347. The van der Waals surface area contributed by atoms with Crippen LogP contribution in [-0.2, 0) is 22.6 Å². The number of rotatable bonds is 7. The van der Waals surface area contributed by atoms with Crippen molar-refractivity contribution in [3.8, 4) is 0 Å². The van der Waals surface area contributed by atoms with Crippen LogP contribution in [0, 0.1) is 0 Å². The molecule has 0 saturated heterocycles. The lowest BCUT2D eigenvalue weighted by molar-refractivity contribution is -0.128. The Bertz CT molecular complexity index is 424. The lowest BCUT2D eigenvalue weighted by Crippen LogP contribution is -2.31. The van der Waals surface area contributed by atoms with Crippen LogP contribution in [0.5, 0.6) is 0 Å². The molecular formula is C17H25NO3. The molecule has 4 nitrogen and oxygen atoms in total. The van der Waals surface area contributed by atoms with Crippen molar-refractivity contribution >= 4 is 5.91 Å². The molecule has 116 valence electrons. The average Bonchev–Trinajstić information content (AvgIpc) is 2.54. The highest BCUT2D eigenvalue weighted by Crippen LogP contribution is 2.19. The lowest BCUT2D eigenvalue weighted by Gasteiger charge is -2.21. The van der Waals surface area contributed by atoms with Crippen LogP contribution >= 0.6 is 0 Å². The molecule has 4 heteroatoms. The molecule has 0 aliphatic heterocycles. The standard InChI is InChI=1S/C17H25NO3/c19-12-15-8-6-14(7-9-15)10-11-18-17(20)13-21-16-4-2-1-3-5-16/h6-9,16,19H,1-5,10-13H2,(H,18,20). The fraction of sp³-hybridized carbons (Fsp3) is 0.588. The molecule has 2 N–H and O–H groups in total. The van der Waals surface area contributed by atoms with Crippen molar-refractivity contribution in [3.63, 3.8) is 0 Å². The van der Waals surface area contributed by atoms with Gasteiger partial charge in [0, 0.05) is 6.54 Å². The average molecular weight is 291 g/mol. The second-order valence-corrected chi connectivity index (χ2v) is 5.65. The Balaban J connectivity index is 1.59.